The largest absolute Gasteiger partial charge is 0.310 e. The van der Waals surface area contributed by atoms with Crippen molar-refractivity contribution < 1.29 is 4.79 Å². The summed E-state index contributed by atoms with van der Waals surface area (Å²) >= 11 is 12.3. The van der Waals surface area contributed by atoms with E-state index in [0.717, 1.165) is 22.9 Å². The van der Waals surface area contributed by atoms with Gasteiger partial charge in [0.15, 0.2) is 0 Å². The molecule has 28 heavy (non-hydrogen) atoms. The van der Waals surface area contributed by atoms with Crippen molar-refractivity contribution in [3.8, 4) is 0 Å². The average molecular weight is 413 g/mol. The van der Waals surface area contributed by atoms with Gasteiger partial charge in [-0.3, -0.25) is 4.79 Å². The molecule has 0 spiro atoms. The molecule has 1 aliphatic rings. The zero-order chi connectivity index (χ0) is 19.5. The van der Waals surface area contributed by atoms with Gasteiger partial charge in [-0.1, -0.05) is 73.2 Å². The van der Waals surface area contributed by atoms with E-state index in [-0.39, 0.29) is 11.8 Å². The fourth-order valence-electron chi connectivity index (χ4n) is 4.05. The smallest absolute Gasteiger partial charge is 0.233 e. The number of carbonyl (C=O) groups is 1. The topological polar surface area (TPSA) is 42.0 Å². The number of nitrogens with one attached hydrogen (secondary N) is 1. The number of para-hydroxylation sites is 1. The molecule has 1 atom stereocenters. The number of aromatic nitrogens is 1. The quantitative estimate of drug-likeness (QED) is 0.497. The molecule has 1 saturated carbocycles. The van der Waals surface area contributed by atoms with Gasteiger partial charge in [0.1, 0.15) is 5.82 Å². The van der Waals surface area contributed by atoms with Crippen molar-refractivity contribution in [3.05, 3.63) is 70.2 Å². The molecule has 0 saturated heterocycles. The number of hydrogen-bond donors (Lipinski definition) is 1. The Balaban J connectivity index is 1.60. The molecule has 1 N–H and O–H groups in total. The molecule has 0 bridgehead atoms. The lowest BCUT2D eigenvalue weighted by Crippen LogP contribution is -2.23. The first-order chi connectivity index (χ1) is 13.6. The summed E-state index contributed by atoms with van der Waals surface area (Å²) in [6.45, 7) is 0. The third-order valence-corrected chi connectivity index (χ3v) is 6.30. The average Bonchev–Trinajstić information content (AvgIpc) is 3.21. The molecule has 0 aliphatic heterocycles. The normalized spacial score (nSPS) is 15.6. The highest BCUT2D eigenvalue weighted by molar-refractivity contribution is 6.42. The van der Waals surface area contributed by atoms with Crippen LogP contribution >= 0.6 is 23.2 Å². The molecule has 1 fully saturated rings. The van der Waals surface area contributed by atoms with Crippen LogP contribution in [0.3, 0.4) is 0 Å². The van der Waals surface area contributed by atoms with Crippen molar-refractivity contribution in [2.45, 2.75) is 38.0 Å². The number of rotatable bonds is 5. The minimum Gasteiger partial charge on any atom is -0.310 e. The summed E-state index contributed by atoms with van der Waals surface area (Å²) in [5.41, 5.74) is 1.77. The van der Waals surface area contributed by atoms with Gasteiger partial charge in [-0.05, 0) is 48.2 Å². The zero-order valence-electron chi connectivity index (χ0n) is 15.5. The van der Waals surface area contributed by atoms with Crippen molar-refractivity contribution in [1.82, 2.24) is 4.98 Å². The number of amides is 1. The van der Waals surface area contributed by atoms with E-state index in [2.05, 4.69) is 10.3 Å². The third-order valence-electron chi connectivity index (χ3n) is 5.56. The van der Waals surface area contributed by atoms with E-state index in [1.807, 2.05) is 48.5 Å². The Hall–Kier alpha value is -2.10. The van der Waals surface area contributed by atoms with Gasteiger partial charge in [0.2, 0.25) is 5.91 Å². The summed E-state index contributed by atoms with van der Waals surface area (Å²) in [5, 5.41) is 5.04. The van der Waals surface area contributed by atoms with Crippen molar-refractivity contribution in [1.29, 1.82) is 0 Å². The summed E-state index contributed by atoms with van der Waals surface area (Å²) in [6, 6.07) is 17.2. The summed E-state index contributed by atoms with van der Waals surface area (Å²) in [7, 11) is 0. The van der Waals surface area contributed by atoms with E-state index < -0.39 is 0 Å². The van der Waals surface area contributed by atoms with Crippen LogP contribution in [0.4, 0.5) is 5.82 Å². The molecular weight excluding hydrogens is 391 g/mol. The van der Waals surface area contributed by atoms with E-state index in [4.69, 9.17) is 23.2 Å². The first-order valence-electron chi connectivity index (χ1n) is 9.72. The summed E-state index contributed by atoms with van der Waals surface area (Å²) < 4.78 is 0. The van der Waals surface area contributed by atoms with E-state index in [0.29, 0.717) is 21.8 Å². The second-order valence-corrected chi connectivity index (χ2v) is 8.31. The van der Waals surface area contributed by atoms with Gasteiger partial charge in [-0.25, -0.2) is 4.98 Å². The highest BCUT2D eigenvalue weighted by atomic mass is 35.5. The first-order valence-corrected chi connectivity index (χ1v) is 10.5. The molecule has 144 valence electrons. The van der Waals surface area contributed by atoms with Crippen molar-refractivity contribution >= 4 is 45.8 Å². The van der Waals surface area contributed by atoms with Crippen molar-refractivity contribution in [3.63, 3.8) is 0 Å². The van der Waals surface area contributed by atoms with Gasteiger partial charge in [-0.2, -0.15) is 0 Å². The number of benzene rings is 2. The van der Waals surface area contributed by atoms with E-state index in [1.165, 1.54) is 25.7 Å². The minimum atomic E-state index is -0.272. The Morgan fingerprint density at radius 3 is 2.61 bits per heavy atom. The van der Waals surface area contributed by atoms with Crippen LogP contribution in [0.2, 0.25) is 10.0 Å². The summed E-state index contributed by atoms with van der Waals surface area (Å²) in [4.78, 5) is 17.8. The molecule has 4 rings (SSSR count). The predicted molar refractivity (Wildman–Crippen MR) is 116 cm³/mol. The Morgan fingerprint density at radius 1 is 1.04 bits per heavy atom. The molecule has 3 aromatic rings. The van der Waals surface area contributed by atoms with Crippen LogP contribution in [0.15, 0.2) is 54.6 Å². The number of fused-ring (bicyclic) bond motifs is 1. The SMILES string of the molecule is O=C(Nc1ccc2ccccc2n1)C(CC1CCCC1)c1ccc(Cl)c(Cl)c1. The maximum absolute atomic E-state index is 13.2. The predicted octanol–water partition coefficient (Wildman–Crippen LogP) is 6.84. The number of pyridine rings is 1. The summed E-state index contributed by atoms with van der Waals surface area (Å²) in [6.07, 6.45) is 5.66. The van der Waals surface area contributed by atoms with E-state index in [9.17, 15) is 4.79 Å². The van der Waals surface area contributed by atoms with Gasteiger partial charge in [-0.15, -0.1) is 0 Å². The lowest BCUT2D eigenvalue weighted by atomic mass is 9.87. The Labute approximate surface area is 175 Å². The van der Waals surface area contributed by atoms with E-state index in [1.54, 1.807) is 6.07 Å². The number of anilines is 1. The molecule has 3 nitrogen and oxygen atoms in total. The molecule has 1 aromatic heterocycles. The first kappa shape index (κ1) is 19.2. The van der Waals surface area contributed by atoms with Gasteiger partial charge < -0.3 is 5.32 Å². The molecule has 5 heteroatoms. The second kappa shape index (κ2) is 8.50. The lowest BCUT2D eigenvalue weighted by Gasteiger charge is -2.21. The molecular formula is C23H22Cl2N2O. The van der Waals surface area contributed by atoms with Gasteiger partial charge in [0, 0.05) is 5.39 Å². The molecule has 2 aromatic carbocycles. The molecule has 1 amide bonds. The van der Waals surface area contributed by atoms with Crippen LogP contribution in [0, 0.1) is 5.92 Å². The minimum absolute atomic E-state index is 0.0481. The second-order valence-electron chi connectivity index (χ2n) is 7.49. The van der Waals surface area contributed by atoms with Crippen LogP contribution < -0.4 is 5.32 Å². The Morgan fingerprint density at radius 2 is 1.82 bits per heavy atom. The van der Waals surface area contributed by atoms with Crippen LogP contribution in [-0.4, -0.2) is 10.9 Å². The standard InChI is InChI=1S/C23H22Cl2N2O/c24-19-11-9-17(14-20(19)25)18(13-15-5-1-2-6-15)23(28)27-22-12-10-16-7-3-4-8-21(16)26-22/h3-4,7-12,14-15,18H,1-2,5-6,13H2,(H,26,27,28). The van der Waals surface area contributed by atoms with E-state index >= 15 is 0 Å². The van der Waals surface area contributed by atoms with Gasteiger partial charge in [0.25, 0.3) is 0 Å². The maximum Gasteiger partial charge on any atom is 0.233 e. The number of carbonyl (C=O) groups excluding carboxylic acids is 1. The highest BCUT2D eigenvalue weighted by Gasteiger charge is 2.27. The van der Waals surface area contributed by atoms with Crippen molar-refractivity contribution in [2.75, 3.05) is 5.32 Å². The van der Waals surface area contributed by atoms with Gasteiger partial charge in [0.05, 0.1) is 21.5 Å². The Kier molecular flexibility index (Phi) is 5.84. The number of halogens is 2. The molecule has 0 radical (unpaired) electrons. The van der Waals surface area contributed by atoms with Crippen LogP contribution in [0.25, 0.3) is 10.9 Å². The molecule has 1 unspecified atom stereocenters. The molecule has 1 heterocycles. The summed E-state index contributed by atoms with van der Waals surface area (Å²) in [5.74, 6) is 0.814. The fourth-order valence-corrected chi connectivity index (χ4v) is 4.36. The van der Waals surface area contributed by atoms with Crippen LogP contribution in [0.5, 0.6) is 0 Å². The highest BCUT2D eigenvalue weighted by Crippen LogP contribution is 2.36. The maximum atomic E-state index is 13.2. The lowest BCUT2D eigenvalue weighted by molar-refractivity contribution is -0.118. The number of hydrogen-bond acceptors (Lipinski definition) is 2. The third kappa shape index (κ3) is 4.31. The zero-order valence-corrected chi connectivity index (χ0v) is 17.0. The van der Waals surface area contributed by atoms with Crippen molar-refractivity contribution in [2.24, 2.45) is 5.92 Å². The number of nitrogens with zero attached hydrogens (tertiary/aromatic N) is 1. The van der Waals surface area contributed by atoms with Crippen LogP contribution in [-0.2, 0) is 4.79 Å². The monoisotopic (exact) mass is 412 g/mol. The van der Waals surface area contributed by atoms with Crippen LogP contribution in [0.1, 0.15) is 43.6 Å². The Bertz CT molecular complexity index is 999. The fraction of sp³-hybridized carbons (Fsp3) is 0.304. The van der Waals surface area contributed by atoms with Gasteiger partial charge >= 0.3 is 0 Å². The molecule has 1 aliphatic carbocycles.